The first-order valence-electron chi connectivity index (χ1n) is 9.04. The van der Waals surface area contributed by atoms with Gasteiger partial charge in [0.15, 0.2) is 0 Å². The third kappa shape index (κ3) is 4.28. The van der Waals surface area contributed by atoms with Gasteiger partial charge in [0.2, 0.25) is 0 Å². The van der Waals surface area contributed by atoms with Crippen molar-refractivity contribution in [3.8, 4) is 5.75 Å². The van der Waals surface area contributed by atoms with Crippen molar-refractivity contribution in [2.24, 2.45) is 0 Å². The van der Waals surface area contributed by atoms with E-state index in [1.165, 1.54) is 7.11 Å². The maximum absolute atomic E-state index is 12.8. The number of nitrogens with zero attached hydrogens (tertiary/aromatic N) is 1. The zero-order valence-electron chi connectivity index (χ0n) is 16.2. The molecule has 3 aromatic carbocycles. The molecule has 0 radical (unpaired) electrons. The van der Waals surface area contributed by atoms with Crippen LogP contribution in [0.1, 0.15) is 12.5 Å². The summed E-state index contributed by atoms with van der Waals surface area (Å²) in [5.41, 5.74) is 3.42. The van der Waals surface area contributed by atoms with Gasteiger partial charge in [0.1, 0.15) is 10.6 Å². The molecule has 0 aromatic heterocycles. The van der Waals surface area contributed by atoms with Gasteiger partial charge in [0.05, 0.1) is 7.11 Å². The van der Waals surface area contributed by atoms with Crippen LogP contribution in [0.5, 0.6) is 5.75 Å². The number of hydrogen-bond acceptors (Lipinski definition) is 4. The van der Waals surface area contributed by atoms with E-state index in [-0.39, 0.29) is 4.90 Å². The van der Waals surface area contributed by atoms with Crippen LogP contribution in [0.15, 0.2) is 77.7 Å². The molecule has 28 heavy (non-hydrogen) atoms. The topological polar surface area (TPSA) is 58.6 Å². The normalized spacial score (nSPS) is 11.1. The molecule has 0 heterocycles. The van der Waals surface area contributed by atoms with E-state index in [0.717, 1.165) is 23.5 Å². The predicted octanol–water partition coefficient (Wildman–Crippen LogP) is 4.96. The van der Waals surface area contributed by atoms with Crippen LogP contribution in [0.2, 0.25) is 0 Å². The second kappa shape index (κ2) is 8.35. The van der Waals surface area contributed by atoms with E-state index >= 15 is 0 Å². The molecular formula is C22H24N2O3S. The van der Waals surface area contributed by atoms with E-state index in [1.54, 1.807) is 24.3 Å². The summed E-state index contributed by atoms with van der Waals surface area (Å²) in [4.78, 5) is 2.28. The summed E-state index contributed by atoms with van der Waals surface area (Å²) in [6.45, 7) is 4.72. The fraction of sp³-hybridized carbons (Fsp3) is 0.182. The van der Waals surface area contributed by atoms with E-state index in [2.05, 4.69) is 16.5 Å². The van der Waals surface area contributed by atoms with E-state index in [4.69, 9.17) is 4.74 Å². The number of sulfonamides is 1. The van der Waals surface area contributed by atoms with Crippen molar-refractivity contribution >= 4 is 27.1 Å². The molecule has 3 aromatic rings. The van der Waals surface area contributed by atoms with Gasteiger partial charge < -0.3 is 9.64 Å². The van der Waals surface area contributed by atoms with Crippen molar-refractivity contribution in [3.05, 3.63) is 78.4 Å². The van der Waals surface area contributed by atoms with Gasteiger partial charge in [-0.2, -0.15) is 0 Å². The summed E-state index contributed by atoms with van der Waals surface area (Å²) in [6, 6.07) is 22.5. The number of benzene rings is 3. The quantitative estimate of drug-likeness (QED) is 0.613. The van der Waals surface area contributed by atoms with Crippen LogP contribution in [-0.2, 0) is 10.0 Å². The Balaban J connectivity index is 1.85. The number of methoxy groups -OCH3 is 1. The number of rotatable bonds is 7. The zero-order chi connectivity index (χ0) is 20.1. The highest BCUT2D eigenvalue weighted by Crippen LogP contribution is 2.29. The summed E-state index contributed by atoms with van der Waals surface area (Å²) in [7, 11) is -2.30. The monoisotopic (exact) mass is 396 g/mol. The minimum absolute atomic E-state index is 0.124. The van der Waals surface area contributed by atoms with E-state index < -0.39 is 10.0 Å². The SMILES string of the molecule is CCN(c1ccccc1)c1ccc(NS(=O)(=O)c2cc(C)ccc2OC)cc1. The molecule has 3 rings (SSSR count). The highest BCUT2D eigenvalue weighted by molar-refractivity contribution is 7.92. The van der Waals surface area contributed by atoms with Crippen LogP contribution in [-0.4, -0.2) is 22.1 Å². The van der Waals surface area contributed by atoms with Gasteiger partial charge in [-0.15, -0.1) is 0 Å². The van der Waals surface area contributed by atoms with Gasteiger partial charge in [-0.1, -0.05) is 24.3 Å². The first-order valence-corrected chi connectivity index (χ1v) is 10.5. The molecule has 0 aliphatic carbocycles. The lowest BCUT2D eigenvalue weighted by atomic mass is 10.2. The van der Waals surface area contributed by atoms with Crippen LogP contribution in [0.4, 0.5) is 17.1 Å². The van der Waals surface area contributed by atoms with E-state index in [1.807, 2.05) is 55.5 Å². The van der Waals surface area contributed by atoms with Crippen molar-refractivity contribution in [1.82, 2.24) is 0 Å². The molecule has 0 saturated carbocycles. The number of aryl methyl sites for hydroxylation is 1. The Morgan fingerprint density at radius 1 is 0.929 bits per heavy atom. The smallest absolute Gasteiger partial charge is 0.265 e. The largest absolute Gasteiger partial charge is 0.495 e. The van der Waals surface area contributed by atoms with Crippen LogP contribution < -0.4 is 14.4 Å². The van der Waals surface area contributed by atoms with Crippen molar-refractivity contribution in [2.75, 3.05) is 23.3 Å². The Morgan fingerprint density at radius 2 is 1.57 bits per heavy atom. The molecule has 0 aliphatic heterocycles. The summed E-state index contributed by atoms with van der Waals surface area (Å²) in [5.74, 6) is 0.316. The van der Waals surface area contributed by atoms with Crippen LogP contribution in [0, 0.1) is 6.92 Å². The summed E-state index contributed by atoms with van der Waals surface area (Å²) in [5, 5.41) is 0. The molecule has 0 atom stereocenters. The van der Waals surface area contributed by atoms with Gasteiger partial charge in [0, 0.05) is 23.6 Å². The lowest BCUT2D eigenvalue weighted by molar-refractivity contribution is 0.402. The number of nitrogens with one attached hydrogen (secondary N) is 1. The van der Waals surface area contributed by atoms with Crippen molar-refractivity contribution in [3.63, 3.8) is 0 Å². The Morgan fingerprint density at radius 3 is 2.18 bits per heavy atom. The molecule has 0 unspecified atom stereocenters. The first-order chi connectivity index (χ1) is 13.4. The second-order valence-electron chi connectivity index (χ2n) is 6.39. The molecule has 0 saturated heterocycles. The standard InChI is InChI=1S/C22H24N2O3S/c1-4-24(19-8-6-5-7-9-19)20-13-11-18(12-14-20)23-28(25,26)22-16-17(2)10-15-21(22)27-3/h5-16,23H,4H2,1-3H3. The first kappa shape index (κ1) is 19.8. The van der Waals surface area contributed by atoms with Gasteiger partial charge in [0.25, 0.3) is 10.0 Å². The Bertz CT molecular complexity index is 1030. The lowest BCUT2D eigenvalue weighted by Gasteiger charge is -2.23. The Labute approximate surface area is 166 Å². The average Bonchev–Trinajstić information content (AvgIpc) is 2.70. The molecular weight excluding hydrogens is 372 g/mol. The predicted molar refractivity (Wildman–Crippen MR) is 114 cm³/mol. The molecule has 5 nitrogen and oxygen atoms in total. The maximum atomic E-state index is 12.8. The second-order valence-corrected chi connectivity index (χ2v) is 8.04. The molecule has 6 heteroatoms. The molecule has 0 amide bonds. The summed E-state index contributed by atoms with van der Waals surface area (Å²) >= 11 is 0. The maximum Gasteiger partial charge on any atom is 0.265 e. The average molecular weight is 397 g/mol. The minimum atomic E-state index is -3.76. The van der Waals surface area contributed by atoms with Crippen LogP contribution >= 0.6 is 0 Å². The minimum Gasteiger partial charge on any atom is -0.495 e. The van der Waals surface area contributed by atoms with E-state index in [9.17, 15) is 8.42 Å². The lowest BCUT2D eigenvalue weighted by Crippen LogP contribution is -2.16. The van der Waals surface area contributed by atoms with Crippen LogP contribution in [0.3, 0.4) is 0 Å². The van der Waals surface area contributed by atoms with Crippen molar-refractivity contribution in [1.29, 1.82) is 0 Å². The van der Waals surface area contributed by atoms with Crippen molar-refractivity contribution in [2.45, 2.75) is 18.7 Å². The number of anilines is 3. The molecule has 0 bridgehead atoms. The van der Waals surface area contributed by atoms with Gasteiger partial charge in [-0.3, -0.25) is 4.72 Å². The molecule has 1 N–H and O–H groups in total. The molecule has 0 spiro atoms. The van der Waals surface area contributed by atoms with Gasteiger partial charge in [-0.05, 0) is 67.9 Å². The molecule has 0 aliphatic rings. The fourth-order valence-corrected chi connectivity index (χ4v) is 4.35. The van der Waals surface area contributed by atoms with Gasteiger partial charge >= 0.3 is 0 Å². The zero-order valence-corrected chi connectivity index (χ0v) is 17.0. The number of ether oxygens (including phenoxy) is 1. The molecule has 0 fully saturated rings. The Hall–Kier alpha value is -2.99. The highest BCUT2D eigenvalue weighted by atomic mass is 32.2. The summed E-state index contributed by atoms with van der Waals surface area (Å²) < 4.78 is 33.5. The highest BCUT2D eigenvalue weighted by Gasteiger charge is 2.20. The van der Waals surface area contributed by atoms with E-state index in [0.29, 0.717) is 11.4 Å². The number of para-hydroxylation sites is 1. The third-order valence-electron chi connectivity index (χ3n) is 4.42. The van der Waals surface area contributed by atoms with Crippen molar-refractivity contribution < 1.29 is 13.2 Å². The Kier molecular flexibility index (Phi) is 5.90. The summed E-state index contributed by atoms with van der Waals surface area (Å²) in [6.07, 6.45) is 0. The fourth-order valence-electron chi connectivity index (χ4n) is 3.04. The molecule has 146 valence electrons. The number of hydrogen-bond donors (Lipinski definition) is 1. The van der Waals surface area contributed by atoms with Crippen LogP contribution in [0.25, 0.3) is 0 Å². The van der Waals surface area contributed by atoms with Gasteiger partial charge in [-0.25, -0.2) is 8.42 Å². The third-order valence-corrected chi connectivity index (χ3v) is 5.83.